The van der Waals surface area contributed by atoms with E-state index in [4.69, 9.17) is 28.4 Å². The molecule has 0 radical (unpaired) electrons. The predicted molar refractivity (Wildman–Crippen MR) is 272 cm³/mol. The number of hydrogen-bond acceptors (Lipinski definition) is 11. The molecule has 0 fully saturated rings. The molecule has 0 bridgehead atoms. The van der Waals surface area contributed by atoms with Crippen LogP contribution in [-0.2, 0) is 0 Å². The van der Waals surface area contributed by atoms with E-state index in [9.17, 15) is 24.0 Å². The Kier molecular flexibility index (Phi) is 24.3. The van der Waals surface area contributed by atoms with Crippen molar-refractivity contribution in [1.29, 1.82) is 0 Å². The molecule has 372 valence electrons. The second-order valence-electron chi connectivity index (χ2n) is 17.6. The first kappa shape index (κ1) is 54.2. The Morgan fingerprint density at radius 1 is 0.329 bits per heavy atom. The summed E-state index contributed by atoms with van der Waals surface area (Å²) < 4.78 is 33.8. The van der Waals surface area contributed by atoms with Crippen LogP contribution in [-0.4, -0.2) is 43.4 Å². The van der Waals surface area contributed by atoms with Gasteiger partial charge < -0.3 is 28.4 Å². The maximum absolute atomic E-state index is 13.1. The third kappa shape index (κ3) is 20.1. The molecule has 0 saturated carbocycles. The molecule has 5 aromatic carbocycles. The Hall–Kier alpha value is -6.75. The normalized spacial score (nSPS) is 10.8. The summed E-state index contributed by atoms with van der Waals surface area (Å²) in [7, 11) is 0. The van der Waals surface area contributed by atoms with Crippen molar-refractivity contribution in [3.8, 4) is 34.5 Å². The van der Waals surface area contributed by atoms with Crippen molar-refractivity contribution in [1.82, 2.24) is 0 Å². The van der Waals surface area contributed by atoms with Crippen LogP contribution in [0.5, 0.6) is 34.5 Å². The number of esters is 4. The second kappa shape index (κ2) is 31.4. The molecule has 0 unspecified atom stereocenters. The largest absolute Gasteiger partial charge is 0.494 e. The summed E-state index contributed by atoms with van der Waals surface area (Å²) in [6.45, 7) is 5.72. The minimum Gasteiger partial charge on any atom is -0.494 e. The molecule has 0 amide bonds. The number of benzene rings is 5. The van der Waals surface area contributed by atoms with Crippen LogP contribution in [0, 0.1) is 0 Å². The predicted octanol–water partition coefficient (Wildman–Crippen LogP) is 15.0. The van der Waals surface area contributed by atoms with Gasteiger partial charge in [-0.2, -0.15) is 0 Å². The molecule has 5 rings (SSSR count). The smallest absolute Gasteiger partial charge is 0.343 e. The Labute approximate surface area is 414 Å². The molecular weight excluding hydrogens is 885 g/mol. The average Bonchev–Trinajstić information content (AvgIpc) is 3.37. The SMILES string of the molecule is CCCCCCCCCCCCOc1ccc(C(=O)Oc2ccc(C(=O)Oc3cc(C=O)cc(OC(=O)c4ccc(OC(=O)c5ccc(OCCCCCCCCCCCC)cc5)cc4)c3)cc2)cc1. The summed E-state index contributed by atoms with van der Waals surface area (Å²) in [6, 6.07) is 29.1. The van der Waals surface area contributed by atoms with Crippen molar-refractivity contribution in [2.24, 2.45) is 0 Å². The van der Waals surface area contributed by atoms with Gasteiger partial charge in [-0.3, -0.25) is 4.79 Å². The third-order valence-corrected chi connectivity index (χ3v) is 11.8. The lowest BCUT2D eigenvalue weighted by Gasteiger charge is -2.10. The van der Waals surface area contributed by atoms with Gasteiger partial charge in [0.1, 0.15) is 40.8 Å². The van der Waals surface area contributed by atoms with E-state index in [-0.39, 0.29) is 39.7 Å². The minimum atomic E-state index is -0.763. The van der Waals surface area contributed by atoms with Crippen LogP contribution in [0.4, 0.5) is 0 Å². The lowest BCUT2D eigenvalue weighted by atomic mass is 10.1. The van der Waals surface area contributed by atoms with Gasteiger partial charge in [0.05, 0.1) is 35.5 Å². The molecular formula is C59H70O11. The van der Waals surface area contributed by atoms with Crippen molar-refractivity contribution >= 4 is 30.2 Å². The first-order chi connectivity index (χ1) is 34.2. The minimum absolute atomic E-state index is 0.0419. The van der Waals surface area contributed by atoms with Gasteiger partial charge in [0.2, 0.25) is 0 Å². The zero-order chi connectivity index (χ0) is 49.6. The summed E-state index contributed by atoms with van der Waals surface area (Å²) in [4.78, 5) is 63.6. The number of unbranched alkanes of at least 4 members (excludes halogenated alkanes) is 18. The summed E-state index contributed by atoms with van der Waals surface area (Å²) in [6.07, 6.45) is 25.6. The van der Waals surface area contributed by atoms with Crippen LogP contribution >= 0.6 is 0 Å². The topological polar surface area (TPSA) is 141 Å². The molecule has 0 atom stereocenters. The van der Waals surface area contributed by atoms with Gasteiger partial charge in [0, 0.05) is 11.6 Å². The van der Waals surface area contributed by atoms with Crippen molar-refractivity contribution in [3.05, 3.63) is 143 Å². The fourth-order valence-corrected chi connectivity index (χ4v) is 7.70. The zero-order valence-electron chi connectivity index (χ0n) is 41.1. The van der Waals surface area contributed by atoms with Gasteiger partial charge in [-0.25, -0.2) is 19.2 Å². The summed E-state index contributed by atoms with van der Waals surface area (Å²) in [5.74, 6) is -0.941. The Morgan fingerprint density at radius 3 is 0.871 bits per heavy atom. The lowest BCUT2D eigenvalue weighted by Crippen LogP contribution is -2.12. The standard InChI is InChI=1S/C59H70O11/c1-3-5-7-9-11-13-15-17-19-21-39-65-50-31-23-46(24-32-50)56(61)67-52-35-27-48(28-36-52)58(63)69-54-41-45(44-60)42-55(43-54)70-59(64)49-29-37-53(38-30-49)68-57(62)47-25-33-51(34-26-47)66-40-22-20-18-16-14-12-10-8-6-4-2/h23-38,41-44H,3-22,39-40H2,1-2H3. The van der Waals surface area contributed by atoms with Gasteiger partial charge >= 0.3 is 23.9 Å². The molecule has 11 nitrogen and oxygen atoms in total. The van der Waals surface area contributed by atoms with E-state index in [0.717, 1.165) is 25.7 Å². The van der Waals surface area contributed by atoms with Crippen LogP contribution in [0.15, 0.2) is 115 Å². The van der Waals surface area contributed by atoms with Crippen molar-refractivity contribution in [2.45, 2.75) is 142 Å². The molecule has 11 heteroatoms. The fraction of sp³-hybridized carbons (Fsp3) is 0.407. The van der Waals surface area contributed by atoms with Crippen molar-refractivity contribution in [2.75, 3.05) is 13.2 Å². The molecule has 0 heterocycles. The lowest BCUT2D eigenvalue weighted by molar-refractivity contribution is 0.0723. The highest BCUT2D eigenvalue weighted by molar-refractivity contribution is 5.94. The highest BCUT2D eigenvalue weighted by Gasteiger charge is 2.17. The molecule has 0 aliphatic carbocycles. The van der Waals surface area contributed by atoms with E-state index in [1.165, 1.54) is 169 Å². The van der Waals surface area contributed by atoms with Crippen LogP contribution in [0.2, 0.25) is 0 Å². The summed E-state index contributed by atoms with van der Waals surface area (Å²) in [5.41, 5.74) is 1.06. The maximum atomic E-state index is 13.1. The molecule has 0 aliphatic heterocycles. The van der Waals surface area contributed by atoms with Crippen LogP contribution < -0.4 is 28.4 Å². The number of ether oxygens (including phenoxy) is 6. The van der Waals surface area contributed by atoms with E-state index in [1.54, 1.807) is 48.5 Å². The molecule has 0 aliphatic rings. The monoisotopic (exact) mass is 954 g/mol. The van der Waals surface area contributed by atoms with Gasteiger partial charge in [0.25, 0.3) is 0 Å². The van der Waals surface area contributed by atoms with Crippen molar-refractivity contribution in [3.63, 3.8) is 0 Å². The Balaban J connectivity index is 1.01. The first-order valence-electron chi connectivity index (χ1n) is 25.4. The molecule has 70 heavy (non-hydrogen) atoms. The van der Waals surface area contributed by atoms with Crippen LogP contribution in [0.25, 0.3) is 0 Å². The Morgan fingerprint density at radius 2 is 0.586 bits per heavy atom. The van der Waals surface area contributed by atoms with E-state index >= 15 is 0 Å². The van der Waals surface area contributed by atoms with Crippen LogP contribution in [0.3, 0.4) is 0 Å². The van der Waals surface area contributed by atoms with E-state index in [0.29, 0.717) is 42.1 Å². The highest BCUT2D eigenvalue weighted by Crippen LogP contribution is 2.26. The summed E-state index contributed by atoms with van der Waals surface area (Å²) in [5, 5.41) is 0. The first-order valence-corrected chi connectivity index (χ1v) is 25.4. The summed E-state index contributed by atoms with van der Waals surface area (Å²) >= 11 is 0. The Bertz CT molecular complexity index is 2180. The van der Waals surface area contributed by atoms with Gasteiger partial charge in [-0.1, -0.05) is 129 Å². The number of aldehydes is 1. The molecule has 0 saturated heterocycles. The molecule has 0 spiro atoms. The number of carbonyl (C=O) groups excluding carboxylic acids is 5. The quantitative estimate of drug-likeness (QED) is 0.0172. The fourth-order valence-electron chi connectivity index (χ4n) is 7.70. The number of rotatable bonds is 33. The molecule has 0 N–H and O–H groups in total. The van der Waals surface area contributed by atoms with Crippen LogP contribution in [0.1, 0.15) is 194 Å². The third-order valence-electron chi connectivity index (χ3n) is 11.8. The number of carbonyl (C=O) groups is 5. The number of hydrogen-bond donors (Lipinski definition) is 0. The van der Waals surface area contributed by atoms with E-state index in [1.807, 2.05) is 0 Å². The molecule has 0 aromatic heterocycles. The van der Waals surface area contributed by atoms with Crippen molar-refractivity contribution < 1.29 is 52.4 Å². The highest BCUT2D eigenvalue weighted by atomic mass is 16.6. The van der Waals surface area contributed by atoms with E-state index < -0.39 is 23.9 Å². The molecule has 5 aromatic rings. The van der Waals surface area contributed by atoms with Gasteiger partial charge in [-0.05, 0) is 122 Å². The average molecular weight is 955 g/mol. The van der Waals surface area contributed by atoms with Gasteiger partial charge in [0.15, 0.2) is 0 Å². The second-order valence-corrected chi connectivity index (χ2v) is 17.6. The zero-order valence-corrected chi connectivity index (χ0v) is 41.1. The maximum Gasteiger partial charge on any atom is 0.343 e. The van der Waals surface area contributed by atoms with Gasteiger partial charge in [-0.15, -0.1) is 0 Å². The van der Waals surface area contributed by atoms with E-state index in [2.05, 4.69) is 13.8 Å².